The zero-order valence-electron chi connectivity index (χ0n) is 18.0. The average molecular weight is 411 g/mol. The van der Waals surface area contributed by atoms with E-state index < -0.39 is 0 Å². The number of thioether (sulfide) groups is 2. The van der Waals surface area contributed by atoms with E-state index in [0.29, 0.717) is 5.75 Å². The van der Waals surface area contributed by atoms with Crippen molar-refractivity contribution in [2.45, 2.75) is 108 Å². The van der Waals surface area contributed by atoms with E-state index in [1.54, 1.807) is 0 Å². The second kappa shape index (κ2) is 16.7. The lowest BCUT2D eigenvalue weighted by Crippen LogP contribution is -1.90. The van der Waals surface area contributed by atoms with Crippen molar-refractivity contribution in [3.8, 4) is 5.75 Å². The quantitative estimate of drug-likeness (QED) is 0.205. The zero-order chi connectivity index (χ0) is 19.7. The van der Waals surface area contributed by atoms with Gasteiger partial charge in [0.25, 0.3) is 0 Å². The van der Waals surface area contributed by atoms with Gasteiger partial charge in [0.2, 0.25) is 0 Å². The van der Waals surface area contributed by atoms with E-state index in [-0.39, 0.29) is 0 Å². The summed E-state index contributed by atoms with van der Waals surface area (Å²) < 4.78 is 0. The van der Waals surface area contributed by atoms with Gasteiger partial charge in [0.1, 0.15) is 5.75 Å². The molecular formula is C24H42OS2. The molecule has 0 fully saturated rings. The highest BCUT2D eigenvalue weighted by molar-refractivity contribution is 7.99. The first-order valence-corrected chi connectivity index (χ1v) is 13.4. The summed E-state index contributed by atoms with van der Waals surface area (Å²) in [6.45, 7) is 6.57. The van der Waals surface area contributed by atoms with Crippen LogP contribution in [-0.2, 0) is 5.75 Å². The Labute approximate surface area is 177 Å². The summed E-state index contributed by atoms with van der Waals surface area (Å²) in [6, 6.07) is 4.39. The summed E-state index contributed by atoms with van der Waals surface area (Å²) in [5, 5.41) is 10.4. The van der Waals surface area contributed by atoms with E-state index in [0.717, 1.165) is 22.0 Å². The molecule has 0 spiro atoms. The summed E-state index contributed by atoms with van der Waals surface area (Å²) >= 11 is 3.88. The Morgan fingerprint density at radius 1 is 0.741 bits per heavy atom. The molecule has 0 aromatic heterocycles. The van der Waals surface area contributed by atoms with Crippen molar-refractivity contribution in [1.82, 2.24) is 0 Å². The molecule has 1 nitrogen and oxygen atoms in total. The van der Waals surface area contributed by atoms with Crippen molar-refractivity contribution in [3.05, 3.63) is 23.3 Å². The molecule has 0 heterocycles. The maximum Gasteiger partial charge on any atom is 0.132 e. The Morgan fingerprint density at radius 3 is 1.93 bits per heavy atom. The third kappa shape index (κ3) is 12.0. The van der Waals surface area contributed by atoms with E-state index >= 15 is 0 Å². The molecule has 3 heteroatoms. The lowest BCUT2D eigenvalue weighted by molar-refractivity contribution is 0.458. The highest BCUT2D eigenvalue weighted by atomic mass is 32.2. The smallest absolute Gasteiger partial charge is 0.132 e. The van der Waals surface area contributed by atoms with Crippen LogP contribution < -0.4 is 0 Å². The molecule has 0 bridgehead atoms. The molecule has 1 rings (SSSR count). The summed E-state index contributed by atoms with van der Waals surface area (Å²) in [4.78, 5) is 1.08. The maximum atomic E-state index is 10.4. The minimum absolute atomic E-state index is 0.496. The normalized spacial score (nSPS) is 11.2. The van der Waals surface area contributed by atoms with E-state index in [1.807, 2.05) is 30.4 Å². The van der Waals surface area contributed by atoms with Gasteiger partial charge in [-0.3, -0.25) is 0 Å². The van der Waals surface area contributed by atoms with Gasteiger partial charge in [-0.15, -0.1) is 11.8 Å². The van der Waals surface area contributed by atoms with Crippen molar-refractivity contribution < 1.29 is 5.11 Å². The van der Waals surface area contributed by atoms with Gasteiger partial charge >= 0.3 is 0 Å². The second-order valence-electron chi connectivity index (χ2n) is 7.70. The van der Waals surface area contributed by atoms with Crippen LogP contribution in [0.4, 0.5) is 0 Å². The van der Waals surface area contributed by atoms with Gasteiger partial charge in [-0.05, 0) is 48.5 Å². The Bertz CT molecular complexity index is 488. The third-order valence-electron chi connectivity index (χ3n) is 4.99. The van der Waals surface area contributed by atoms with Crippen LogP contribution in [-0.4, -0.2) is 16.6 Å². The summed E-state index contributed by atoms with van der Waals surface area (Å²) in [7, 11) is 0. The largest absolute Gasteiger partial charge is 0.507 e. The van der Waals surface area contributed by atoms with E-state index in [2.05, 4.69) is 26.0 Å². The molecule has 0 aliphatic heterocycles. The van der Waals surface area contributed by atoms with Gasteiger partial charge in [0, 0.05) is 10.6 Å². The monoisotopic (exact) mass is 410 g/mol. The number of benzene rings is 1. The van der Waals surface area contributed by atoms with Gasteiger partial charge in [0.05, 0.1) is 0 Å². The zero-order valence-corrected chi connectivity index (χ0v) is 19.7. The number of hydrogen-bond donors (Lipinski definition) is 1. The molecule has 1 N–H and O–H groups in total. The lowest BCUT2D eigenvalue weighted by Gasteiger charge is -2.11. The molecule has 156 valence electrons. The van der Waals surface area contributed by atoms with Crippen LogP contribution in [0.2, 0.25) is 0 Å². The third-order valence-corrected chi connectivity index (χ3v) is 7.22. The molecule has 1 aromatic rings. The van der Waals surface area contributed by atoms with Crippen LogP contribution in [0.15, 0.2) is 17.0 Å². The molecule has 27 heavy (non-hydrogen) atoms. The van der Waals surface area contributed by atoms with Gasteiger partial charge in [-0.25, -0.2) is 0 Å². The first kappa shape index (κ1) is 24.8. The SMILES string of the molecule is CCCCCCCCSCc1cc(C)c(O)c(SCCCCCCCC)c1. The van der Waals surface area contributed by atoms with Crippen molar-refractivity contribution >= 4 is 23.5 Å². The first-order valence-electron chi connectivity index (χ1n) is 11.2. The van der Waals surface area contributed by atoms with Crippen molar-refractivity contribution in [2.75, 3.05) is 11.5 Å². The molecule has 0 saturated heterocycles. The maximum absolute atomic E-state index is 10.4. The van der Waals surface area contributed by atoms with Crippen LogP contribution in [0.25, 0.3) is 0 Å². The van der Waals surface area contributed by atoms with Crippen LogP contribution in [0.1, 0.15) is 102 Å². The average Bonchev–Trinajstić information content (AvgIpc) is 2.66. The standard InChI is InChI=1S/C24H42OS2/c1-4-6-8-10-12-14-16-26-20-22-18-21(3)24(25)23(19-22)27-17-15-13-11-9-7-5-2/h18-19,25H,4-17,20H2,1-3H3. The summed E-state index contributed by atoms with van der Waals surface area (Å²) in [6.07, 6.45) is 16.2. The molecule has 0 unspecified atom stereocenters. The fourth-order valence-electron chi connectivity index (χ4n) is 3.25. The van der Waals surface area contributed by atoms with E-state index in [4.69, 9.17) is 0 Å². The molecule has 0 atom stereocenters. The van der Waals surface area contributed by atoms with Gasteiger partial charge < -0.3 is 5.11 Å². The second-order valence-corrected chi connectivity index (χ2v) is 9.94. The van der Waals surface area contributed by atoms with Crippen LogP contribution >= 0.6 is 23.5 Å². The minimum atomic E-state index is 0.496. The van der Waals surface area contributed by atoms with Crippen LogP contribution in [0.3, 0.4) is 0 Å². The van der Waals surface area contributed by atoms with Gasteiger partial charge in [-0.2, -0.15) is 11.8 Å². The fourth-order valence-corrected chi connectivity index (χ4v) is 5.31. The number of aryl methyl sites for hydroxylation is 1. The van der Waals surface area contributed by atoms with Crippen molar-refractivity contribution in [2.24, 2.45) is 0 Å². The number of hydrogen-bond acceptors (Lipinski definition) is 3. The number of rotatable bonds is 17. The molecular weight excluding hydrogens is 368 g/mol. The molecule has 1 aromatic carbocycles. The van der Waals surface area contributed by atoms with Crippen molar-refractivity contribution in [3.63, 3.8) is 0 Å². The highest BCUT2D eigenvalue weighted by Gasteiger charge is 2.08. The summed E-state index contributed by atoms with van der Waals surface area (Å²) in [5.41, 5.74) is 2.39. The Balaban J connectivity index is 2.27. The number of phenolic OH excluding ortho intramolecular Hbond substituents is 1. The predicted octanol–water partition coefficient (Wildman–Crippen LogP) is 8.75. The Hall–Kier alpha value is -0.280. The predicted molar refractivity (Wildman–Crippen MR) is 126 cm³/mol. The van der Waals surface area contributed by atoms with E-state index in [1.165, 1.54) is 88.4 Å². The molecule has 0 radical (unpaired) electrons. The van der Waals surface area contributed by atoms with Gasteiger partial charge in [0.15, 0.2) is 0 Å². The minimum Gasteiger partial charge on any atom is -0.507 e. The highest BCUT2D eigenvalue weighted by Crippen LogP contribution is 2.34. The topological polar surface area (TPSA) is 20.2 Å². The van der Waals surface area contributed by atoms with Gasteiger partial charge in [-0.1, -0.05) is 84.1 Å². The lowest BCUT2D eigenvalue weighted by atomic mass is 10.1. The molecule has 0 aliphatic carbocycles. The number of phenols is 1. The fraction of sp³-hybridized carbons (Fsp3) is 0.750. The number of aromatic hydroxyl groups is 1. The van der Waals surface area contributed by atoms with Crippen LogP contribution in [0, 0.1) is 6.92 Å². The molecule has 0 aliphatic rings. The Kier molecular flexibility index (Phi) is 15.3. The van der Waals surface area contributed by atoms with E-state index in [9.17, 15) is 5.11 Å². The summed E-state index contributed by atoms with van der Waals surface area (Å²) in [5.74, 6) is 3.94. The Morgan fingerprint density at radius 2 is 1.30 bits per heavy atom. The van der Waals surface area contributed by atoms with Crippen molar-refractivity contribution in [1.29, 1.82) is 0 Å². The molecule has 0 amide bonds. The molecule has 0 saturated carbocycles. The van der Waals surface area contributed by atoms with Crippen LogP contribution in [0.5, 0.6) is 5.75 Å². The first-order chi connectivity index (χ1) is 13.2. The number of unbranched alkanes of at least 4 members (excludes halogenated alkanes) is 10.